The second-order valence-electron chi connectivity index (χ2n) is 3.53. The molecule has 0 aromatic carbocycles. The van der Waals surface area contributed by atoms with Crippen molar-refractivity contribution in [3.05, 3.63) is 24.3 Å². The fourth-order valence-electron chi connectivity index (χ4n) is 1.26. The molecule has 1 aromatic heterocycles. The van der Waals surface area contributed by atoms with Gasteiger partial charge in [-0.25, -0.2) is 9.97 Å². The SMILES string of the molecule is NCC1(NC(=O)c2ccncn2)CC1. The maximum Gasteiger partial charge on any atom is 0.270 e. The first kappa shape index (κ1) is 9.08. The average molecular weight is 192 g/mol. The van der Waals surface area contributed by atoms with E-state index in [0.29, 0.717) is 12.2 Å². The van der Waals surface area contributed by atoms with Gasteiger partial charge in [0.05, 0.1) is 5.54 Å². The summed E-state index contributed by atoms with van der Waals surface area (Å²) in [6.07, 6.45) is 4.82. The fraction of sp³-hybridized carbons (Fsp3) is 0.444. The molecule has 14 heavy (non-hydrogen) atoms. The van der Waals surface area contributed by atoms with Crippen molar-refractivity contribution in [3.8, 4) is 0 Å². The molecule has 0 atom stereocenters. The second kappa shape index (κ2) is 3.34. The van der Waals surface area contributed by atoms with Crippen LogP contribution in [0.4, 0.5) is 0 Å². The van der Waals surface area contributed by atoms with E-state index in [2.05, 4.69) is 15.3 Å². The van der Waals surface area contributed by atoms with Gasteiger partial charge in [-0.1, -0.05) is 0 Å². The molecule has 1 fully saturated rings. The molecule has 3 N–H and O–H groups in total. The highest BCUT2D eigenvalue weighted by atomic mass is 16.2. The van der Waals surface area contributed by atoms with E-state index in [1.807, 2.05) is 0 Å². The van der Waals surface area contributed by atoms with Crippen molar-refractivity contribution in [3.63, 3.8) is 0 Å². The summed E-state index contributed by atoms with van der Waals surface area (Å²) < 4.78 is 0. The van der Waals surface area contributed by atoms with Crippen molar-refractivity contribution in [2.75, 3.05) is 6.54 Å². The van der Waals surface area contributed by atoms with Crippen LogP contribution in [0.2, 0.25) is 0 Å². The fourth-order valence-corrected chi connectivity index (χ4v) is 1.26. The maximum atomic E-state index is 11.6. The number of aromatic nitrogens is 2. The molecule has 0 radical (unpaired) electrons. The van der Waals surface area contributed by atoms with Crippen LogP contribution in [0.5, 0.6) is 0 Å². The van der Waals surface area contributed by atoms with E-state index in [1.165, 1.54) is 6.33 Å². The van der Waals surface area contributed by atoms with E-state index in [4.69, 9.17) is 5.73 Å². The Bertz CT molecular complexity index is 334. The van der Waals surface area contributed by atoms with E-state index in [1.54, 1.807) is 12.3 Å². The molecule has 1 aliphatic carbocycles. The third-order valence-electron chi connectivity index (χ3n) is 2.44. The molecule has 74 valence electrons. The molecule has 1 amide bonds. The van der Waals surface area contributed by atoms with Crippen LogP contribution < -0.4 is 11.1 Å². The van der Waals surface area contributed by atoms with Crippen molar-refractivity contribution in [2.24, 2.45) is 5.73 Å². The second-order valence-corrected chi connectivity index (χ2v) is 3.53. The minimum absolute atomic E-state index is 0.165. The molecule has 5 heteroatoms. The number of hydrogen-bond donors (Lipinski definition) is 2. The lowest BCUT2D eigenvalue weighted by atomic mass is 10.2. The number of carbonyl (C=O) groups is 1. The summed E-state index contributed by atoms with van der Waals surface area (Å²) in [6.45, 7) is 0.490. The van der Waals surface area contributed by atoms with E-state index in [0.717, 1.165) is 12.8 Å². The van der Waals surface area contributed by atoms with Crippen molar-refractivity contribution in [1.29, 1.82) is 0 Å². The van der Waals surface area contributed by atoms with Crippen LogP contribution in [-0.2, 0) is 0 Å². The molecule has 0 spiro atoms. The minimum atomic E-state index is -0.171. The zero-order valence-electron chi connectivity index (χ0n) is 7.73. The van der Waals surface area contributed by atoms with Gasteiger partial charge >= 0.3 is 0 Å². The van der Waals surface area contributed by atoms with Crippen LogP contribution in [0.25, 0.3) is 0 Å². The van der Waals surface area contributed by atoms with Crippen molar-refractivity contribution >= 4 is 5.91 Å². The van der Waals surface area contributed by atoms with Crippen LogP contribution in [0.1, 0.15) is 23.3 Å². The molecule has 1 aromatic rings. The van der Waals surface area contributed by atoms with Gasteiger partial charge in [0, 0.05) is 12.7 Å². The molecule has 0 bridgehead atoms. The summed E-state index contributed by atoms with van der Waals surface area (Å²) in [5, 5.41) is 2.88. The zero-order valence-corrected chi connectivity index (χ0v) is 7.73. The summed E-state index contributed by atoms with van der Waals surface area (Å²) in [5.74, 6) is -0.171. The standard InChI is InChI=1S/C9H12N4O/c10-5-9(2-3-9)13-8(14)7-1-4-11-6-12-7/h1,4,6H,2-3,5,10H2,(H,13,14). The summed E-state index contributed by atoms with van der Waals surface area (Å²) in [4.78, 5) is 19.2. The first-order chi connectivity index (χ1) is 6.76. The van der Waals surface area contributed by atoms with Crippen molar-refractivity contribution in [2.45, 2.75) is 18.4 Å². The molecule has 0 aliphatic heterocycles. The Morgan fingerprint density at radius 1 is 1.64 bits per heavy atom. The molecule has 0 saturated heterocycles. The van der Waals surface area contributed by atoms with Gasteiger partial charge in [-0.2, -0.15) is 0 Å². The average Bonchev–Trinajstić information content (AvgIpc) is 3.00. The van der Waals surface area contributed by atoms with Gasteiger partial charge in [-0.05, 0) is 18.9 Å². The van der Waals surface area contributed by atoms with Gasteiger partial charge in [0.1, 0.15) is 12.0 Å². The molecular formula is C9H12N4O. The zero-order chi connectivity index (χ0) is 10.0. The molecule has 1 heterocycles. The monoisotopic (exact) mass is 192 g/mol. The lowest BCUT2D eigenvalue weighted by Crippen LogP contribution is -2.42. The van der Waals surface area contributed by atoms with E-state index >= 15 is 0 Å². The van der Waals surface area contributed by atoms with Crippen LogP contribution in [0.3, 0.4) is 0 Å². The van der Waals surface area contributed by atoms with Gasteiger partial charge in [0.15, 0.2) is 0 Å². The Morgan fingerprint density at radius 3 is 2.93 bits per heavy atom. The highest BCUT2D eigenvalue weighted by Crippen LogP contribution is 2.34. The number of nitrogens with zero attached hydrogens (tertiary/aromatic N) is 2. The van der Waals surface area contributed by atoms with Gasteiger partial charge in [-0.3, -0.25) is 4.79 Å². The number of nitrogens with one attached hydrogen (secondary N) is 1. The minimum Gasteiger partial charge on any atom is -0.344 e. The predicted octanol–water partition coefficient (Wildman–Crippen LogP) is -0.302. The Hall–Kier alpha value is -1.49. The topological polar surface area (TPSA) is 80.9 Å². The van der Waals surface area contributed by atoms with Gasteiger partial charge < -0.3 is 11.1 Å². The van der Waals surface area contributed by atoms with Gasteiger partial charge in [0.25, 0.3) is 5.91 Å². The molecule has 1 saturated carbocycles. The van der Waals surface area contributed by atoms with E-state index in [-0.39, 0.29) is 11.4 Å². The third kappa shape index (κ3) is 1.72. The summed E-state index contributed by atoms with van der Waals surface area (Å²) in [5.41, 5.74) is 5.77. The van der Waals surface area contributed by atoms with Crippen LogP contribution >= 0.6 is 0 Å². The smallest absolute Gasteiger partial charge is 0.270 e. The Balaban J connectivity index is 2.03. The van der Waals surface area contributed by atoms with Crippen LogP contribution in [-0.4, -0.2) is 28.0 Å². The van der Waals surface area contributed by atoms with E-state index < -0.39 is 0 Å². The first-order valence-corrected chi connectivity index (χ1v) is 4.54. The summed E-state index contributed by atoms with van der Waals surface area (Å²) in [7, 11) is 0. The number of rotatable bonds is 3. The number of hydrogen-bond acceptors (Lipinski definition) is 4. The number of carbonyl (C=O) groups excluding carboxylic acids is 1. The molecule has 5 nitrogen and oxygen atoms in total. The largest absolute Gasteiger partial charge is 0.344 e. The quantitative estimate of drug-likeness (QED) is 0.688. The van der Waals surface area contributed by atoms with Gasteiger partial charge in [-0.15, -0.1) is 0 Å². The molecule has 2 rings (SSSR count). The normalized spacial score (nSPS) is 17.5. The maximum absolute atomic E-state index is 11.6. The lowest BCUT2D eigenvalue weighted by molar-refractivity contribution is 0.0928. The highest BCUT2D eigenvalue weighted by molar-refractivity contribution is 5.92. The number of nitrogens with two attached hydrogens (primary N) is 1. The van der Waals surface area contributed by atoms with Crippen LogP contribution in [0.15, 0.2) is 18.6 Å². The third-order valence-corrected chi connectivity index (χ3v) is 2.44. The molecule has 1 aliphatic rings. The summed E-state index contributed by atoms with van der Waals surface area (Å²) in [6, 6.07) is 1.59. The highest BCUT2D eigenvalue weighted by Gasteiger charge is 2.42. The first-order valence-electron chi connectivity index (χ1n) is 4.54. The van der Waals surface area contributed by atoms with Crippen molar-refractivity contribution in [1.82, 2.24) is 15.3 Å². The van der Waals surface area contributed by atoms with E-state index in [9.17, 15) is 4.79 Å². The molecule has 0 unspecified atom stereocenters. The molecular weight excluding hydrogens is 180 g/mol. The predicted molar refractivity (Wildman–Crippen MR) is 50.5 cm³/mol. The van der Waals surface area contributed by atoms with Gasteiger partial charge in [0.2, 0.25) is 0 Å². The summed E-state index contributed by atoms with van der Waals surface area (Å²) >= 11 is 0. The Labute approximate surface area is 81.7 Å². The lowest BCUT2D eigenvalue weighted by Gasteiger charge is -2.13. The number of amides is 1. The van der Waals surface area contributed by atoms with Crippen LogP contribution in [0, 0.1) is 0 Å². The van der Waals surface area contributed by atoms with Crippen molar-refractivity contribution < 1.29 is 4.79 Å². The Morgan fingerprint density at radius 2 is 2.43 bits per heavy atom. The Kier molecular flexibility index (Phi) is 2.17.